The molecule has 1 N–H and O–H groups in total. The number of nitrogens with one attached hydrogen (secondary N) is 1. The highest BCUT2D eigenvalue weighted by atomic mass is 32.2. The van der Waals surface area contributed by atoms with Gasteiger partial charge < -0.3 is 9.84 Å². The van der Waals surface area contributed by atoms with Gasteiger partial charge in [-0.1, -0.05) is 11.2 Å². The third-order valence-corrected chi connectivity index (χ3v) is 5.85. The van der Waals surface area contributed by atoms with E-state index in [9.17, 15) is 13.2 Å². The number of amides is 1. The van der Waals surface area contributed by atoms with Gasteiger partial charge in [-0.15, -0.1) is 6.58 Å². The molecular formula is C14H22N4O4S. The van der Waals surface area contributed by atoms with E-state index in [4.69, 9.17) is 4.52 Å². The zero-order valence-corrected chi connectivity index (χ0v) is 14.2. The van der Waals surface area contributed by atoms with Crippen molar-refractivity contribution in [3.8, 4) is 0 Å². The molecule has 1 aliphatic rings. The van der Waals surface area contributed by atoms with Crippen LogP contribution in [0.5, 0.6) is 0 Å². The summed E-state index contributed by atoms with van der Waals surface area (Å²) < 4.78 is 31.7. The normalized spacial score (nSPS) is 17.1. The van der Waals surface area contributed by atoms with Gasteiger partial charge in [-0.05, 0) is 13.8 Å². The number of carbonyl (C=O) groups is 1. The standard InChI is InChI=1S/C14H22N4O4S/c1-4-5-15-13(19)10-17-6-8-18(9-7-17)23(20,21)14-11(2)16-22-12(14)3/h4H,1,5-10H2,2-3H3,(H,15,19). The van der Waals surface area contributed by atoms with Crippen LogP contribution < -0.4 is 5.32 Å². The van der Waals surface area contributed by atoms with Crippen LogP contribution in [0.4, 0.5) is 0 Å². The van der Waals surface area contributed by atoms with Gasteiger partial charge in [0, 0.05) is 32.7 Å². The third-order valence-electron chi connectivity index (χ3n) is 3.71. The van der Waals surface area contributed by atoms with E-state index in [1.54, 1.807) is 19.9 Å². The zero-order chi connectivity index (χ0) is 17.0. The lowest BCUT2D eigenvalue weighted by atomic mass is 10.3. The van der Waals surface area contributed by atoms with Gasteiger partial charge in [0.1, 0.15) is 10.6 Å². The van der Waals surface area contributed by atoms with Gasteiger partial charge in [-0.25, -0.2) is 8.42 Å². The first-order valence-electron chi connectivity index (χ1n) is 7.39. The molecule has 1 amide bonds. The molecule has 1 aliphatic heterocycles. The van der Waals surface area contributed by atoms with Gasteiger partial charge in [-0.3, -0.25) is 9.69 Å². The van der Waals surface area contributed by atoms with E-state index >= 15 is 0 Å². The van der Waals surface area contributed by atoms with Gasteiger partial charge in [0.05, 0.1) is 6.54 Å². The maximum atomic E-state index is 12.7. The van der Waals surface area contributed by atoms with Gasteiger partial charge in [0.25, 0.3) is 0 Å². The summed E-state index contributed by atoms with van der Waals surface area (Å²) in [5, 5.41) is 6.42. The smallest absolute Gasteiger partial charge is 0.248 e. The fourth-order valence-electron chi connectivity index (χ4n) is 2.54. The van der Waals surface area contributed by atoms with Crippen molar-refractivity contribution >= 4 is 15.9 Å². The minimum atomic E-state index is -3.61. The molecule has 0 radical (unpaired) electrons. The second kappa shape index (κ2) is 7.24. The average Bonchev–Trinajstić information content (AvgIpc) is 2.85. The van der Waals surface area contributed by atoms with Crippen LogP contribution >= 0.6 is 0 Å². The first-order valence-corrected chi connectivity index (χ1v) is 8.83. The van der Waals surface area contributed by atoms with Crippen LogP contribution in [-0.2, 0) is 14.8 Å². The Morgan fingerprint density at radius 2 is 2.00 bits per heavy atom. The van der Waals surface area contributed by atoms with Crippen molar-refractivity contribution in [2.45, 2.75) is 18.7 Å². The van der Waals surface area contributed by atoms with Crippen molar-refractivity contribution in [2.75, 3.05) is 39.3 Å². The van der Waals surface area contributed by atoms with Crippen molar-refractivity contribution in [1.82, 2.24) is 19.7 Å². The Labute approximate surface area is 136 Å². The second-order valence-corrected chi connectivity index (χ2v) is 7.30. The second-order valence-electron chi connectivity index (χ2n) is 5.43. The van der Waals surface area contributed by atoms with Crippen LogP contribution in [0.15, 0.2) is 22.1 Å². The summed E-state index contributed by atoms with van der Waals surface area (Å²) in [6.45, 7) is 9.11. The number of aryl methyl sites for hydroxylation is 2. The quantitative estimate of drug-likeness (QED) is 0.725. The summed E-state index contributed by atoms with van der Waals surface area (Å²) in [4.78, 5) is 13.7. The van der Waals surface area contributed by atoms with E-state index < -0.39 is 10.0 Å². The van der Waals surface area contributed by atoms with Crippen LogP contribution in [0.1, 0.15) is 11.5 Å². The Morgan fingerprint density at radius 1 is 1.35 bits per heavy atom. The molecule has 9 heteroatoms. The van der Waals surface area contributed by atoms with E-state index in [1.165, 1.54) is 4.31 Å². The van der Waals surface area contributed by atoms with Crippen LogP contribution in [0.2, 0.25) is 0 Å². The summed E-state index contributed by atoms with van der Waals surface area (Å²) in [5.41, 5.74) is 0.369. The van der Waals surface area contributed by atoms with E-state index in [2.05, 4.69) is 17.1 Å². The lowest BCUT2D eigenvalue weighted by Crippen LogP contribution is -2.51. The number of aromatic nitrogens is 1. The molecule has 1 aromatic heterocycles. The monoisotopic (exact) mass is 342 g/mol. The molecule has 2 heterocycles. The Hall–Kier alpha value is -1.71. The van der Waals surface area contributed by atoms with Crippen LogP contribution in [0.3, 0.4) is 0 Å². The number of rotatable bonds is 6. The number of hydrogen-bond acceptors (Lipinski definition) is 6. The molecule has 0 unspecified atom stereocenters. The number of nitrogens with zero attached hydrogens (tertiary/aromatic N) is 3. The summed E-state index contributed by atoms with van der Waals surface area (Å²) in [6.07, 6.45) is 1.62. The Bertz CT molecular complexity index is 655. The lowest BCUT2D eigenvalue weighted by Gasteiger charge is -2.33. The van der Waals surface area contributed by atoms with Gasteiger partial charge in [-0.2, -0.15) is 4.31 Å². The van der Waals surface area contributed by atoms with E-state index in [0.29, 0.717) is 44.2 Å². The van der Waals surface area contributed by atoms with Gasteiger partial charge in [0.2, 0.25) is 15.9 Å². The largest absolute Gasteiger partial charge is 0.360 e. The number of sulfonamides is 1. The summed E-state index contributed by atoms with van der Waals surface area (Å²) >= 11 is 0. The first kappa shape index (κ1) is 17.6. The molecule has 0 saturated carbocycles. The summed E-state index contributed by atoms with van der Waals surface area (Å²) in [5.74, 6) is 0.209. The molecule has 0 spiro atoms. The average molecular weight is 342 g/mol. The molecule has 0 atom stereocenters. The van der Waals surface area contributed by atoms with E-state index in [-0.39, 0.29) is 17.3 Å². The molecule has 1 saturated heterocycles. The molecular weight excluding hydrogens is 320 g/mol. The van der Waals surface area contributed by atoms with E-state index in [0.717, 1.165) is 0 Å². The Morgan fingerprint density at radius 3 is 2.52 bits per heavy atom. The van der Waals surface area contributed by atoms with Crippen molar-refractivity contribution in [2.24, 2.45) is 0 Å². The number of carbonyl (C=O) groups excluding carboxylic acids is 1. The molecule has 2 rings (SSSR count). The molecule has 0 aromatic carbocycles. The fraction of sp³-hybridized carbons (Fsp3) is 0.571. The highest BCUT2D eigenvalue weighted by Gasteiger charge is 2.33. The molecule has 0 aliphatic carbocycles. The first-order chi connectivity index (χ1) is 10.9. The van der Waals surface area contributed by atoms with Gasteiger partial charge >= 0.3 is 0 Å². The molecule has 23 heavy (non-hydrogen) atoms. The lowest BCUT2D eigenvalue weighted by molar-refractivity contribution is -0.122. The molecule has 1 aromatic rings. The predicted octanol–water partition coefficient (Wildman–Crippen LogP) is -0.100. The van der Waals surface area contributed by atoms with Crippen molar-refractivity contribution < 1.29 is 17.7 Å². The predicted molar refractivity (Wildman–Crippen MR) is 84.4 cm³/mol. The summed E-state index contributed by atoms with van der Waals surface area (Å²) in [6, 6.07) is 0. The van der Waals surface area contributed by atoms with Crippen LogP contribution in [-0.4, -0.2) is 68.0 Å². The molecule has 0 bridgehead atoms. The zero-order valence-electron chi connectivity index (χ0n) is 13.4. The van der Waals surface area contributed by atoms with Gasteiger partial charge in [0.15, 0.2) is 5.76 Å². The van der Waals surface area contributed by atoms with Crippen LogP contribution in [0.25, 0.3) is 0 Å². The Balaban J connectivity index is 1.96. The van der Waals surface area contributed by atoms with E-state index in [1.807, 2.05) is 4.90 Å². The maximum absolute atomic E-state index is 12.7. The highest BCUT2D eigenvalue weighted by Crippen LogP contribution is 2.24. The highest BCUT2D eigenvalue weighted by molar-refractivity contribution is 7.89. The number of piperazine rings is 1. The third kappa shape index (κ3) is 3.98. The molecule has 1 fully saturated rings. The fourth-order valence-corrected chi connectivity index (χ4v) is 4.26. The SMILES string of the molecule is C=CCNC(=O)CN1CCN(S(=O)(=O)c2c(C)noc2C)CC1. The molecule has 8 nitrogen and oxygen atoms in total. The molecule has 128 valence electrons. The minimum absolute atomic E-state index is 0.0908. The summed E-state index contributed by atoms with van der Waals surface area (Å²) in [7, 11) is -3.61. The van der Waals surface area contributed by atoms with Crippen LogP contribution in [0, 0.1) is 13.8 Å². The maximum Gasteiger partial charge on any atom is 0.248 e. The minimum Gasteiger partial charge on any atom is -0.360 e. The van der Waals surface area contributed by atoms with Crippen molar-refractivity contribution in [1.29, 1.82) is 0 Å². The topological polar surface area (TPSA) is 95.8 Å². The number of hydrogen-bond donors (Lipinski definition) is 1. The van der Waals surface area contributed by atoms with Crippen molar-refractivity contribution in [3.63, 3.8) is 0 Å². The van der Waals surface area contributed by atoms with Crippen molar-refractivity contribution in [3.05, 3.63) is 24.1 Å². The Kier molecular flexibility index (Phi) is 5.55.